The van der Waals surface area contributed by atoms with Crippen LogP contribution in [0.3, 0.4) is 0 Å². The maximum Gasteiger partial charge on any atom is 0.325 e. The zero-order chi connectivity index (χ0) is 59.2. The van der Waals surface area contributed by atoms with E-state index in [4.69, 9.17) is 25.7 Å². The second-order valence-corrected chi connectivity index (χ2v) is 26.5. The van der Waals surface area contributed by atoms with E-state index in [0.29, 0.717) is 48.5 Å². The first kappa shape index (κ1) is 60.2. The lowest BCUT2D eigenvalue weighted by Gasteiger charge is -2.41. The normalized spacial score (nSPS) is 19.8. The fourth-order valence-electron chi connectivity index (χ4n) is 12.1. The van der Waals surface area contributed by atoms with Gasteiger partial charge in [-0.25, -0.2) is 34.5 Å². The van der Waals surface area contributed by atoms with Gasteiger partial charge in [-0.1, -0.05) is 91.2 Å². The second kappa shape index (κ2) is 24.7. The molecule has 19 nitrogen and oxygen atoms in total. The van der Waals surface area contributed by atoms with E-state index in [9.17, 15) is 9.59 Å². The van der Waals surface area contributed by atoms with Crippen LogP contribution in [-0.4, -0.2) is 110 Å². The van der Waals surface area contributed by atoms with Gasteiger partial charge in [-0.3, -0.25) is 9.80 Å². The predicted molar refractivity (Wildman–Crippen MR) is 345 cm³/mol. The molecule has 0 spiro atoms. The molecule has 4 saturated carbocycles. The van der Waals surface area contributed by atoms with Crippen molar-refractivity contribution in [3.05, 3.63) is 166 Å². The van der Waals surface area contributed by atoms with Crippen LogP contribution in [0.15, 0.2) is 144 Å². The number of rotatable bonds is 15. The number of hydrogen-bond acceptors (Lipinski definition) is 12. The molecular formula is C65H79Br2N17O2. The number of aromatic nitrogens is 10. The van der Waals surface area contributed by atoms with Crippen LogP contribution in [0.2, 0.25) is 0 Å². The number of nitrogens with one attached hydrogen (secondary N) is 2. The number of nitrogens with two attached hydrogens (primary N) is 1. The third kappa shape index (κ3) is 12.3. The largest absolute Gasteiger partial charge is 0.343 e. The van der Waals surface area contributed by atoms with Crippen LogP contribution < -0.4 is 26.2 Å². The first-order chi connectivity index (χ1) is 41.0. The van der Waals surface area contributed by atoms with Gasteiger partial charge in [0.05, 0.1) is 64.8 Å². The van der Waals surface area contributed by atoms with Gasteiger partial charge in [0.25, 0.3) is 0 Å². The third-order valence-corrected chi connectivity index (χ3v) is 19.0. The van der Waals surface area contributed by atoms with Crippen LogP contribution >= 0.6 is 31.9 Å². The third-order valence-electron chi connectivity index (χ3n) is 18.0. The number of anilines is 4. The van der Waals surface area contributed by atoms with Crippen LogP contribution in [-0.2, 0) is 16.6 Å². The summed E-state index contributed by atoms with van der Waals surface area (Å²) in [6.45, 7) is 9.95. The molecule has 6 aliphatic rings. The molecule has 7 heterocycles. The molecule has 0 unspecified atom stereocenters. The SMILES string of the molecule is C.CC(C)[C@H]1CN(C)C(=O)N1c1ccnc(NC2(c3cn(-c4cccc(Br)c4)cn3)CCC2)n1.CC(C)[C@H]1CN(C)C(=O)N1c1ccnc(NC2(c3cn(-c4cccc(C5CC5)c4)cn3)CCC2)n1.NC1(c2cn(-c3cccc(Br)c3)cn2)CCC1. The Morgan fingerprint density at radius 3 is 1.34 bits per heavy atom. The highest BCUT2D eigenvalue weighted by Crippen LogP contribution is 2.46. The number of carbonyl (C=O) groups is 2. The van der Waals surface area contributed by atoms with Crippen molar-refractivity contribution in [2.24, 2.45) is 17.6 Å². The van der Waals surface area contributed by atoms with Crippen LogP contribution in [0.1, 0.15) is 134 Å². The summed E-state index contributed by atoms with van der Waals surface area (Å²) >= 11 is 7.01. The van der Waals surface area contributed by atoms with Crippen molar-refractivity contribution in [1.82, 2.24) is 58.4 Å². The lowest BCUT2D eigenvalue weighted by Crippen LogP contribution is -2.43. The minimum Gasteiger partial charge on any atom is -0.343 e. The van der Waals surface area contributed by atoms with E-state index in [1.165, 1.54) is 24.8 Å². The summed E-state index contributed by atoms with van der Waals surface area (Å²) in [7, 11) is 3.68. The Morgan fingerprint density at radius 1 is 0.547 bits per heavy atom. The molecule has 2 aliphatic heterocycles. The summed E-state index contributed by atoms with van der Waals surface area (Å²) in [5.41, 5.74) is 13.2. The first-order valence-electron chi connectivity index (χ1n) is 29.8. The maximum atomic E-state index is 12.9. The Bertz CT molecular complexity index is 3690. The summed E-state index contributed by atoms with van der Waals surface area (Å²) in [6.07, 6.45) is 27.3. The van der Waals surface area contributed by atoms with E-state index in [1.54, 1.807) is 27.1 Å². The summed E-state index contributed by atoms with van der Waals surface area (Å²) in [4.78, 5) is 65.3. The molecule has 8 aromatic rings. The lowest BCUT2D eigenvalue weighted by atomic mass is 9.74. The van der Waals surface area contributed by atoms with Gasteiger partial charge in [-0.15, -0.1) is 0 Å². The first-order valence-corrected chi connectivity index (χ1v) is 31.4. The number of amides is 4. The van der Waals surface area contributed by atoms with Crippen LogP contribution in [0, 0.1) is 11.8 Å². The van der Waals surface area contributed by atoms with Gasteiger partial charge in [-0.2, -0.15) is 9.97 Å². The number of likely N-dealkylation sites (N-methyl/N-ethyl adjacent to an activating group) is 2. The number of hydrogen-bond donors (Lipinski definition) is 3. The minimum absolute atomic E-state index is 0. The molecular weight excluding hydrogens is 1210 g/mol. The van der Waals surface area contributed by atoms with E-state index < -0.39 is 0 Å². The molecule has 3 aromatic carbocycles. The molecule has 0 radical (unpaired) electrons. The van der Waals surface area contributed by atoms with Gasteiger partial charge < -0.3 is 39.9 Å². The van der Waals surface area contributed by atoms with Crippen molar-refractivity contribution in [3.8, 4) is 17.1 Å². The highest BCUT2D eigenvalue weighted by Gasteiger charge is 2.45. The van der Waals surface area contributed by atoms with Gasteiger partial charge in [0.2, 0.25) is 11.9 Å². The molecule has 0 bridgehead atoms. The molecule has 86 heavy (non-hydrogen) atoms. The Morgan fingerprint density at radius 2 is 0.953 bits per heavy atom. The Labute approximate surface area is 521 Å². The fraction of sp³-hybridized carbons (Fsp3) is 0.431. The molecule has 4 N–H and O–H groups in total. The molecule has 2 saturated heterocycles. The molecule has 4 amide bonds. The van der Waals surface area contributed by atoms with E-state index in [2.05, 4.69) is 151 Å². The predicted octanol–water partition coefficient (Wildman–Crippen LogP) is 13.3. The molecule has 6 fully saturated rings. The topological polar surface area (TPSA) is 202 Å². The number of nitrogens with zero attached hydrogens (tertiary/aromatic N) is 14. The van der Waals surface area contributed by atoms with Crippen LogP contribution in [0.5, 0.6) is 0 Å². The van der Waals surface area contributed by atoms with Crippen molar-refractivity contribution in [3.63, 3.8) is 0 Å². The smallest absolute Gasteiger partial charge is 0.325 e. The summed E-state index contributed by atoms with van der Waals surface area (Å²) in [5, 5.41) is 7.16. The van der Waals surface area contributed by atoms with Crippen LogP contribution in [0.25, 0.3) is 17.1 Å². The quantitative estimate of drug-likeness (QED) is 0.0878. The maximum absolute atomic E-state index is 12.9. The van der Waals surface area contributed by atoms with Gasteiger partial charge >= 0.3 is 12.1 Å². The monoisotopic (exact) mass is 1290 g/mol. The van der Waals surface area contributed by atoms with Gasteiger partial charge in [0, 0.05) is 84.2 Å². The molecule has 21 heteroatoms. The standard InChI is InChI=1S/C27H33N7O.C24H28BrN7O.C13H14BrN3.CH4/c1-18(2)22-15-32(3)26(35)34(22)24-10-13-28-25(30-24)31-27(11-5-12-27)23-16-33(17-29-23)21-7-4-6-20(14-21)19-8-9-19;1-16(2)19-13-30(3)23(33)32(19)21-8-11-26-22(28-21)29-24(9-5-10-24)20-14-31(15-27-20)18-7-4-6-17(25)12-18;14-10-3-1-4-11(7-10)17-8-12(16-9-17)13(15)5-2-6-13;/h4,6-7,10,13-14,16-19,22H,5,8-9,11-12,15H2,1-3H3,(H,28,30,31);4,6-8,11-12,14-16,19H,5,9-10,13H2,1-3H3,(H,26,28,29);1,3-4,7-9H,2,5-6,15H2;1H4/t22-;19-;;/m11../s1. The van der Waals surface area contributed by atoms with Crippen molar-refractivity contribution in [2.45, 2.75) is 140 Å². The van der Waals surface area contributed by atoms with E-state index in [1.807, 2.05) is 89.7 Å². The number of carbonyl (C=O) groups excluding carboxylic acids is 2. The number of halogens is 2. The molecule has 450 valence electrons. The molecule has 14 rings (SSSR count). The fourth-order valence-corrected chi connectivity index (χ4v) is 12.9. The minimum atomic E-state index is -0.306. The van der Waals surface area contributed by atoms with Crippen molar-refractivity contribution >= 4 is 67.5 Å². The Hall–Kier alpha value is -7.49. The average Bonchev–Trinajstić information content (AvgIpc) is 1.58. The average molecular weight is 1290 g/mol. The van der Waals surface area contributed by atoms with Crippen LogP contribution in [0.4, 0.5) is 33.1 Å². The zero-order valence-electron chi connectivity index (χ0n) is 49.2. The Kier molecular flexibility index (Phi) is 17.3. The van der Waals surface area contributed by atoms with Crippen molar-refractivity contribution in [2.75, 3.05) is 47.6 Å². The van der Waals surface area contributed by atoms with Crippen molar-refractivity contribution < 1.29 is 9.59 Å². The Balaban J connectivity index is 0.000000141. The van der Waals surface area contributed by atoms with E-state index in [0.717, 1.165) is 100 Å². The summed E-state index contributed by atoms with van der Waals surface area (Å²) < 4.78 is 8.26. The van der Waals surface area contributed by atoms with Gasteiger partial charge in [0.15, 0.2) is 0 Å². The summed E-state index contributed by atoms with van der Waals surface area (Å²) in [6, 6.07) is 28.9. The van der Waals surface area contributed by atoms with Gasteiger partial charge in [-0.05, 0) is 155 Å². The zero-order valence-corrected chi connectivity index (χ0v) is 52.4. The molecule has 5 aromatic heterocycles. The van der Waals surface area contributed by atoms with E-state index >= 15 is 0 Å². The molecule has 2 atom stereocenters. The highest BCUT2D eigenvalue weighted by atomic mass is 79.9. The number of benzene rings is 3. The van der Waals surface area contributed by atoms with E-state index in [-0.39, 0.29) is 48.2 Å². The van der Waals surface area contributed by atoms with Gasteiger partial charge in [0.1, 0.15) is 11.6 Å². The summed E-state index contributed by atoms with van der Waals surface area (Å²) in [5.74, 6) is 3.72. The number of urea groups is 2. The van der Waals surface area contributed by atoms with Crippen molar-refractivity contribution in [1.29, 1.82) is 0 Å². The highest BCUT2D eigenvalue weighted by molar-refractivity contribution is 9.10. The molecule has 4 aliphatic carbocycles. The second-order valence-electron chi connectivity index (χ2n) is 24.6. The number of imidazole rings is 3. The lowest BCUT2D eigenvalue weighted by molar-refractivity contribution is 0.228.